The van der Waals surface area contributed by atoms with Crippen LogP contribution in [0.5, 0.6) is 5.75 Å². The Kier molecular flexibility index (Phi) is 5.25. The van der Waals surface area contributed by atoms with Crippen LogP contribution in [-0.4, -0.2) is 30.6 Å². The lowest BCUT2D eigenvalue weighted by Gasteiger charge is -2.45. The molecule has 3 aliphatic rings. The minimum atomic E-state index is 0.579. The molecular weight excluding hydrogens is 332 g/mol. The molecule has 3 aliphatic heterocycles. The normalized spacial score (nSPS) is 25.1. The van der Waals surface area contributed by atoms with E-state index in [2.05, 4.69) is 22.3 Å². The molecule has 25 heavy (non-hydrogen) atoms. The molecule has 5 rings (SSSR count). The molecule has 3 nitrogen and oxygen atoms in total. The maximum atomic E-state index is 6.23. The van der Waals surface area contributed by atoms with Crippen molar-refractivity contribution >= 4 is 11.6 Å². The van der Waals surface area contributed by atoms with Gasteiger partial charge in [0, 0.05) is 29.7 Å². The molecule has 1 unspecified atom stereocenters. The standard InChI is InChI=1S/C21H25ClN2O/c22-19-6-7-21(25-15-16-4-2-1-3-5-16)18(12-19)13-23-20-14-24-10-8-17(20)9-11-24/h1-7,12,17,20,23H,8-11,13-15H2. The molecule has 0 amide bonds. The van der Waals surface area contributed by atoms with E-state index in [0.717, 1.165) is 28.8 Å². The molecule has 3 fully saturated rings. The zero-order chi connectivity index (χ0) is 17.1. The number of benzene rings is 2. The summed E-state index contributed by atoms with van der Waals surface area (Å²) in [5, 5.41) is 4.52. The number of fused-ring (bicyclic) bond motifs is 3. The first-order valence-electron chi connectivity index (χ1n) is 9.19. The van der Waals surface area contributed by atoms with E-state index in [-0.39, 0.29) is 0 Å². The Morgan fingerprint density at radius 1 is 1.08 bits per heavy atom. The number of ether oxygens (including phenoxy) is 1. The fourth-order valence-electron chi connectivity index (χ4n) is 4.00. The highest BCUT2D eigenvalue weighted by atomic mass is 35.5. The van der Waals surface area contributed by atoms with Crippen molar-refractivity contribution in [1.82, 2.24) is 10.2 Å². The Labute approximate surface area is 154 Å². The molecule has 1 N–H and O–H groups in total. The van der Waals surface area contributed by atoms with Crippen molar-refractivity contribution in [1.29, 1.82) is 0 Å². The van der Waals surface area contributed by atoms with E-state index < -0.39 is 0 Å². The number of hydrogen-bond acceptors (Lipinski definition) is 3. The van der Waals surface area contributed by atoms with Crippen LogP contribution in [0.3, 0.4) is 0 Å². The van der Waals surface area contributed by atoms with E-state index >= 15 is 0 Å². The molecule has 3 heterocycles. The minimum Gasteiger partial charge on any atom is -0.489 e. The highest BCUT2D eigenvalue weighted by molar-refractivity contribution is 6.30. The van der Waals surface area contributed by atoms with Crippen molar-refractivity contribution in [3.05, 3.63) is 64.7 Å². The Morgan fingerprint density at radius 2 is 1.88 bits per heavy atom. The smallest absolute Gasteiger partial charge is 0.124 e. The van der Waals surface area contributed by atoms with Crippen LogP contribution < -0.4 is 10.1 Å². The number of rotatable bonds is 6. The van der Waals surface area contributed by atoms with Crippen LogP contribution in [-0.2, 0) is 13.2 Å². The average Bonchev–Trinajstić information content (AvgIpc) is 2.67. The lowest BCUT2D eigenvalue weighted by Crippen LogP contribution is -2.55. The monoisotopic (exact) mass is 356 g/mol. The Balaban J connectivity index is 1.41. The van der Waals surface area contributed by atoms with Crippen LogP contribution in [0, 0.1) is 5.92 Å². The van der Waals surface area contributed by atoms with Gasteiger partial charge in [0.15, 0.2) is 0 Å². The van der Waals surface area contributed by atoms with E-state index in [1.165, 1.54) is 38.0 Å². The summed E-state index contributed by atoms with van der Waals surface area (Å²) in [5.74, 6) is 1.74. The zero-order valence-corrected chi connectivity index (χ0v) is 15.2. The maximum absolute atomic E-state index is 6.23. The molecule has 0 spiro atoms. The summed E-state index contributed by atoms with van der Waals surface area (Å²) in [6.07, 6.45) is 2.65. The predicted molar refractivity (Wildman–Crippen MR) is 102 cm³/mol. The van der Waals surface area contributed by atoms with Crippen molar-refractivity contribution in [2.24, 2.45) is 5.92 Å². The van der Waals surface area contributed by atoms with Crippen LogP contribution >= 0.6 is 11.6 Å². The molecule has 0 radical (unpaired) electrons. The SMILES string of the molecule is Clc1ccc(OCc2ccccc2)c(CNC2CN3CCC2CC3)c1. The van der Waals surface area contributed by atoms with Gasteiger partial charge in [0.1, 0.15) is 12.4 Å². The predicted octanol–water partition coefficient (Wildman–Crippen LogP) is 4.10. The fraction of sp³-hybridized carbons (Fsp3) is 0.429. The second-order valence-corrected chi connectivity index (χ2v) is 7.59. The summed E-state index contributed by atoms with van der Waals surface area (Å²) >= 11 is 6.23. The number of nitrogens with one attached hydrogen (secondary N) is 1. The lowest BCUT2D eigenvalue weighted by molar-refractivity contribution is 0.0718. The van der Waals surface area contributed by atoms with Gasteiger partial charge in [-0.3, -0.25) is 0 Å². The topological polar surface area (TPSA) is 24.5 Å². The van der Waals surface area contributed by atoms with Crippen molar-refractivity contribution in [3.8, 4) is 5.75 Å². The van der Waals surface area contributed by atoms with E-state index in [1.807, 2.05) is 36.4 Å². The van der Waals surface area contributed by atoms with Gasteiger partial charge in [-0.25, -0.2) is 0 Å². The molecule has 2 aromatic rings. The minimum absolute atomic E-state index is 0.579. The van der Waals surface area contributed by atoms with Crippen LogP contribution in [0.15, 0.2) is 48.5 Å². The summed E-state index contributed by atoms with van der Waals surface area (Å²) in [4.78, 5) is 2.57. The van der Waals surface area contributed by atoms with E-state index in [9.17, 15) is 0 Å². The first-order chi connectivity index (χ1) is 12.3. The molecule has 1 atom stereocenters. The highest BCUT2D eigenvalue weighted by Crippen LogP contribution is 2.29. The largest absolute Gasteiger partial charge is 0.489 e. The molecule has 3 saturated heterocycles. The number of piperidine rings is 3. The van der Waals surface area contributed by atoms with Crippen molar-refractivity contribution in [2.75, 3.05) is 19.6 Å². The third-order valence-corrected chi connectivity index (χ3v) is 5.71. The Bertz CT molecular complexity index is 698. The van der Waals surface area contributed by atoms with Gasteiger partial charge in [0.05, 0.1) is 0 Å². The van der Waals surface area contributed by atoms with E-state index in [0.29, 0.717) is 12.6 Å². The van der Waals surface area contributed by atoms with Crippen molar-refractivity contribution < 1.29 is 4.74 Å². The zero-order valence-electron chi connectivity index (χ0n) is 14.5. The van der Waals surface area contributed by atoms with Gasteiger partial charge >= 0.3 is 0 Å². The summed E-state index contributed by atoms with van der Waals surface area (Å²) in [7, 11) is 0. The first kappa shape index (κ1) is 16.9. The van der Waals surface area contributed by atoms with Crippen LogP contribution in [0.4, 0.5) is 0 Å². The molecule has 4 heteroatoms. The van der Waals surface area contributed by atoms with E-state index in [4.69, 9.17) is 16.3 Å². The molecule has 0 aromatic heterocycles. The second kappa shape index (κ2) is 7.77. The highest BCUT2D eigenvalue weighted by Gasteiger charge is 2.33. The first-order valence-corrected chi connectivity index (χ1v) is 9.56. The molecule has 2 aromatic carbocycles. The lowest BCUT2D eigenvalue weighted by atomic mass is 9.84. The number of hydrogen-bond donors (Lipinski definition) is 1. The van der Waals surface area contributed by atoms with Gasteiger partial charge < -0.3 is 15.0 Å². The maximum Gasteiger partial charge on any atom is 0.124 e. The van der Waals surface area contributed by atoms with Gasteiger partial charge in [-0.2, -0.15) is 0 Å². The fourth-order valence-corrected chi connectivity index (χ4v) is 4.19. The van der Waals surface area contributed by atoms with Crippen LogP contribution in [0.2, 0.25) is 5.02 Å². The van der Waals surface area contributed by atoms with Gasteiger partial charge in [-0.15, -0.1) is 0 Å². The van der Waals surface area contributed by atoms with Crippen LogP contribution in [0.25, 0.3) is 0 Å². The van der Waals surface area contributed by atoms with Crippen molar-refractivity contribution in [3.63, 3.8) is 0 Å². The van der Waals surface area contributed by atoms with Gasteiger partial charge in [-0.1, -0.05) is 41.9 Å². The van der Waals surface area contributed by atoms with Gasteiger partial charge in [-0.05, 0) is 55.6 Å². The Hall–Kier alpha value is -1.55. The Morgan fingerprint density at radius 3 is 2.60 bits per heavy atom. The molecular formula is C21H25ClN2O. The average molecular weight is 357 g/mol. The van der Waals surface area contributed by atoms with E-state index in [1.54, 1.807) is 0 Å². The number of nitrogens with zero attached hydrogens (tertiary/aromatic N) is 1. The van der Waals surface area contributed by atoms with Crippen molar-refractivity contribution in [2.45, 2.75) is 32.0 Å². The summed E-state index contributed by atoms with van der Waals surface area (Å²) in [5.41, 5.74) is 2.31. The summed E-state index contributed by atoms with van der Waals surface area (Å²) in [6.45, 7) is 5.09. The van der Waals surface area contributed by atoms with Gasteiger partial charge in [0.2, 0.25) is 0 Å². The van der Waals surface area contributed by atoms with Crippen LogP contribution in [0.1, 0.15) is 24.0 Å². The number of halogens is 1. The summed E-state index contributed by atoms with van der Waals surface area (Å²) in [6, 6.07) is 16.8. The summed E-state index contributed by atoms with van der Waals surface area (Å²) < 4.78 is 6.07. The quantitative estimate of drug-likeness (QED) is 0.843. The third-order valence-electron chi connectivity index (χ3n) is 5.47. The third kappa shape index (κ3) is 4.17. The van der Waals surface area contributed by atoms with Gasteiger partial charge in [0.25, 0.3) is 0 Å². The molecule has 2 bridgehead atoms. The molecule has 132 valence electrons. The molecule has 0 saturated carbocycles. The molecule has 0 aliphatic carbocycles. The second-order valence-electron chi connectivity index (χ2n) is 7.15.